The summed E-state index contributed by atoms with van der Waals surface area (Å²) in [6.07, 6.45) is 2.68. The molecule has 0 saturated carbocycles. The molecule has 30 heavy (non-hydrogen) atoms. The summed E-state index contributed by atoms with van der Waals surface area (Å²) in [5, 5.41) is 0.981. The number of carbonyl (C=O) groups is 3. The van der Waals surface area contributed by atoms with Gasteiger partial charge in [-0.3, -0.25) is 14.1 Å². The van der Waals surface area contributed by atoms with Crippen LogP contribution in [0.2, 0.25) is 0 Å². The Morgan fingerprint density at radius 3 is 2.57 bits per heavy atom. The molecule has 155 valence electrons. The fraction of sp³-hybridized carbons (Fsp3) is 0.235. The fourth-order valence-electron chi connectivity index (χ4n) is 3.32. The number of amides is 3. The van der Waals surface area contributed by atoms with Crippen LogP contribution in [0.5, 0.6) is 5.75 Å². The molecule has 2 unspecified atom stereocenters. The average molecular weight is 445 g/mol. The quantitative estimate of drug-likeness (QED) is 0.280. The predicted molar refractivity (Wildman–Crippen MR) is 107 cm³/mol. The van der Waals surface area contributed by atoms with E-state index in [1.54, 1.807) is 6.92 Å². The number of carbonyl (C=O) groups excluding carboxylic acids is 3. The molecular weight excluding hydrogens is 427 g/mol. The molecule has 2 heterocycles. The van der Waals surface area contributed by atoms with E-state index in [0.29, 0.717) is 11.1 Å². The molecule has 2 aliphatic rings. The van der Waals surface area contributed by atoms with Crippen molar-refractivity contribution in [3.63, 3.8) is 0 Å². The molecule has 0 fully saturated rings. The van der Waals surface area contributed by atoms with Crippen LogP contribution in [0.1, 0.15) is 22.3 Å². The Hall–Kier alpha value is -2.38. The van der Waals surface area contributed by atoms with Gasteiger partial charge in [0, 0.05) is 41.8 Å². The van der Waals surface area contributed by atoms with Crippen LogP contribution in [0.25, 0.3) is 0 Å². The minimum atomic E-state index is -4.71. The van der Waals surface area contributed by atoms with Crippen LogP contribution in [0.3, 0.4) is 0 Å². The Balaban J connectivity index is 0.00000320. The SMILES string of the molecule is Cc1ccc2c(c1OC(N)=O)NC(S(=O)(=O)O)C1CC(C=CC(N)=O)=CN1C2=O.[Na]. The van der Waals surface area contributed by atoms with Crippen LogP contribution in [0.4, 0.5) is 10.5 Å². The van der Waals surface area contributed by atoms with Crippen molar-refractivity contribution in [2.24, 2.45) is 11.5 Å². The van der Waals surface area contributed by atoms with E-state index in [0.717, 1.165) is 11.0 Å². The number of nitrogens with one attached hydrogen (secondary N) is 1. The molecule has 13 heteroatoms. The molecule has 3 rings (SSSR count). The van der Waals surface area contributed by atoms with E-state index in [1.807, 2.05) is 0 Å². The number of nitrogens with two attached hydrogens (primary N) is 2. The van der Waals surface area contributed by atoms with Crippen LogP contribution in [0, 0.1) is 6.92 Å². The largest absolute Gasteiger partial charge is 0.410 e. The molecule has 1 radical (unpaired) electrons. The number of aryl methyl sites for hydroxylation is 1. The van der Waals surface area contributed by atoms with Crippen molar-refractivity contribution in [3.8, 4) is 5.75 Å². The Labute approximate surface area is 194 Å². The second-order valence-electron chi connectivity index (χ2n) is 6.56. The first-order valence-corrected chi connectivity index (χ1v) is 9.84. The van der Waals surface area contributed by atoms with Gasteiger partial charge in [-0.25, -0.2) is 4.79 Å². The summed E-state index contributed by atoms with van der Waals surface area (Å²) in [5.74, 6) is -1.42. The van der Waals surface area contributed by atoms with Crippen LogP contribution >= 0.6 is 0 Å². The molecule has 2 aliphatic heterocycles. The number of benzene rings is 1. The number of primary amides is 2. The van der Waals surface area contributed by atoms with Gasteiger partial charge in [-0.2, -0.15) is 8.42 Å². The first-order chi connectivity index (χ1) is 13.5. The maximum absolute atomic E-state index is 13.1. The van der Waals surface area contributed by atoms with Crippen LogP contribution in [-0.4, -0.2) is 76.8 Å². The standard InChI is InChI=1S/C17H18N4O7S.Na/c1-8-2-4-10-13(14(8)28-17(19)24)20-15(29(25,26)27)11-6-9(3-5-12(18)22)7-21(11)16(10)23;/h2-5,7,11,15,20H,6H2,1H3,(H2,18,22)(H2,19,24)(H,25,26,27);. The van der Waals surface area contributed by atoms with Gasteiger partial charge in [-0.05, 0) is 30.5 Å². The van der Waals surface area contributed by atoms with Crippen molar-refractivity contribution >= 4 is 63.3 Å². The summed E-state index contributed by atoms with van der Waals surface area (Å²) >= 11 is 0. The van der Waals surface area contributed by atoms with E-state index in [4.69, 9.17) is 16.2 Å². The maximum atomic E-state index is 13.1. The summed E-state index contributed by atoms with van der Waals surface area (Å²) in [6, 6.07) is 1.91. The van der Waals surface area contributed by atoms with Gasteiger partial charge in [0.2, 0.25) is 5.91 Å². The molecule has 0 spiro atoms. The molecule has 0 aromatic heterocycles. The molecule has 3 amide bonds. The summed E-state index contributed by atoms with van der Waals surface area (Å²) in [5.41, 5.74) is 11.0. The molecule has 0 saturated heterocycles. The summed E-state index contributed by atoms with van der Waals surface area (Å²) in [6.45, 7) is 1.58. The van der Waals surface area contributed by atoms with Gasteiger partial charge < -0.3 is 26.4 Å². The number of rotatable bonds is 4. The van der Waals surface area contributed by atoms with Crippen LogP contribution in [0.15, 0.2) is 36.1 Å². The topological polar surface area (TPSA) is 182 Å². The van der Waals surface area contributed by atoms with Gasteiger partial charge in [-0.15, -0.1) is 0 Å². The molecule has 11 nitrogen and oxygen atoms in total. The van der Waals surface area contributed by atoms with Crippen molar-refractivity contribution < 1.29 is 32.1 Å². The molecule has 0 bridgehead atoms. The predicted octanol–water partition coefficient (Wildman–Crippen LogP) is -0.149. The Morgan fingerprint density at radius 2 is 2.00 bits per heavy atom. The number of hydrogen-bond acceptors (Lipinski definition) is 7. The number of allylic oxidation sites excluding steroid dienone is 1. The Morgan fingerprint density at radius 1 is 1.33 bits per heavy atom. The van der Waals surface area contributed by atoms with Gasteiger partial charge in [0.25, 0.3) is 16.0 Å². The van der Waals surface area contributed by atoms with E-state index in [2.05, 4.69) is 5.32 Å². The van der Waals surface area contributed by atoms with E-state index in [-0.39, 0.29) is 53.0 Å². The van der Waals surface area contributed by atoms with E-state index in [1.165, 1.54) is 24.4 Å². The van der Waals surface area contributed by atoms with E-state index >= 15 is 0 Å². The van der Waals surface area contributed by atoms with Crippen molar-refractivity contribution in [3.05, 3.63) is 47.2 Å². The third-order valence-electron chi connectivity index (χ3n) is 4.55. The first kappa shape index (κ1) is 23.9. The van der Waals surface area contributed by atoms with Crippen LogP contribution in [-0.2, 0) is 14.9 Å². The van der Waals surface area contributed by atoms with Crippen molar-refractivity contribution in [2.75, 3.05) is 5.32 Å². The van der Waals surface area contributed by atoms with Crippen LogP contribution < -0.4 is 21.5 Å². The normalized spacial score (nSPS) is 20.4. The Kier molecular flexibility index (Phi) is 6.99. The Bertz CT molecular complexity index is 1080. The molecular formula is C17H18N4NaO7S. The molecule has 1 aromatic rings. The third kappa shape index (κ3) is 4.68. The van der Waals surface area contributed by atoms with E-state index < -0.39 is 39.4 Å². The van der Waals surface area contributed by atoms with Gasteiger partial charge >= 0.3 is 6.09 Å². The zero-order valence-corrected chi connectivity index (χ0v) is 19.0. The first-order valence-electron chi connectivity index (χ1n) is 8.33. The number of hydrogen-bond donors (Lipinski definition) is 4. The number of fused-ring (bicyclic) bond motifs is 2. The maximum Gasteiger partial charge on any atom is 0.410 e. The van der Waals surface area contributed by atoms with Crippen molar-refractivity contribution in [1.82, 2.24) is 4.90 Å². The summed E-state index contributed by atoms with van der Waals surface area (Å²) in [4.78, 5) is 36.5. The second kappa shape index (κ2) is 8.78. The van der Waals surface area contributed by atoms with E-state index in [9.17, 15) is 27.4 Å². The number of ether oxygens (including phenoxy) is 1. The zero-order chi connectivity index (χ0) is 21.5. The van der Waals surface area contributed by atoms with Crippen molar-refractivity contribution in [2.45, 2.75) is 24.8 Å². The minimum Gasteiger partial charge on any atom is -0.408 e. The molecule has 1 aromatic carbocycles. The number of nitrogens with zero attached hydrogens (tertiary/aromatic N) is 1. The minimum absolute atomic E-state index is 0. The van der Waals surface area contributed by atoms with Gasteiger partial charge in [0.1, 0.15) is 0 Å². The van der Waals surface area contributed by atoms with Gasteiger partial charge in [0.15, 0.2) is 11.1 Å². The van der Waals surface area contributed by atoms with Gasteiger partial charge in [0.05, 0.1) is 17.3 Å². The second-order valence-corrected chi connectivity index (χ2v) is 8.10. The van der Waals surface area contributed by atoms with Crippen molar-refractivity contribution in [1.29, 1.82) is 0 Å². The third-order valence-corrected chi connectivity index (χ3v) is 5.62. The molecule has 0 aliphatic carbocycles. The monoisotopic (exact) mass is 445 g/mol. The van der Waals surface area contributed by atoms with Gasteiger partial charge in [-0.1, -0.05) is 12.1 Å². The average Bonchev–Trinajstić information content (AvgIpc) is 2.97. The zero-order valence-electron chi connectivity index (χ0n) is 16.2. The number of anilines is 1. The molecule has 2 atom stereocenters. The summed E-state index contributed by atoms with van der Waals surface area (Å²) in [7, 11) is -4.71. The molecule has 6 N–H and O–H groups in total. The fourth-order valence-corrected chi connectivity index (χ4v) is 4.21. The smallest absolute Gasteiger partial charge is 0.408 e. The summed E-state index contributed by atoms with van der Waals surface area (Å²) < 4.78 is 39.0.